The molecule has 0 unspecified atom stereocenters. The molecular formula is C25H26Cl2N2O4S. The van der Waals surface area contributed by atoms with Crippen LogP contribution in [0.3, 0.4) is 0 Å². The van der Waals surface area contributed by atoms with Gasteiger partial charge in [-0.1, -0.05) is 65.7 Å². The molecule has 9 heteroatoms. The van der Waals surface area contributed by atoms with E-state index in [9.17, 15) is 13.2 Å². The summed E-state index contributed by atoms with van der Waals surface area (Å²) in [7, 11) is -2.61. The summed E-state index contributed by atoms with van der Waals surface area (Å²) in [6.45, 7) is 1.72. The van der Waals surface area contributed by atoms with Crippen LogP contribution in [0, 0.1) is 6.92 Å². The highest BCUT2D eigenvalue weighted by atomic mass is 35.5. The van der Waals surface area contributed by atoms with E-state index in [0.29, 0.717) is 22.0 Å². The van der Waals surface area contributed by atoms with Gasteiger partial charge in [-0.25, -0.2) is 8.42 Å². The number of hydrogen-bond donors (Lipinski definition) is 1. The normalized spacial score (nSPS) is 11.4. The number of rotatable bonds is 10. The molecule has 0 aromatic heterocycles. The number of carbonyl (C=O) groups excluding carboxylic acids is 1. The number of methoxy groups -OCH3 is 1. The van der Waals surface area contributed by atoms with E-state index in [1.165, 1.54) is 11.4 Å². The van der Waals surface area contributed by atoms with E-state index in [0.717, 1.165) is 11.1 Å². The average molecular weight is 521 g/mol. The van der Waals surface area contributed by atoms with E-state index in [-0.39, 0.29) is 30.3 Å². The van der Waals surface area contributed by atoms with Crippen molar-refractivity contribution in [2.45, 2.75) is 24.8 Å². The molecule has 6 nitrogen and oxygen atoms in total. The summed E-state index contributed by atoms with van der Waals surface area (Å²) in [5.41, 5.74) is 2.41. The van der Waals surface area contributed by atoms with E-state index in [1.54, 1.807) is 43.3 Å². The van der Waals surface area contributed by atoms with Gasteiger partial charge in [-0.15, -0.1) is 0 Å². The van der Waals surface area contributed by atoms with Gasteiger partial charge in [0.2, 0.25) is 15.9 Å². The maximum absolute atomic E-state index is 13.6. The van der Waals surface area contributed by atoms with Crippen molar-refractivity contribution in [3.63, 3.8) is 0 Å². The SMILES string of the molecule is COc1ccc(C)cc1S(=O)(=O)N(CCc1ccccc1)CC(=O)NCc1ccc(Cl)cc1Cl. The fourth-order valence-corrected chi connectivity index (χ4v) is 5.49. The van der Waals surface area contributed by atoms with Gasteiger partial charge in [0.25, 0.3) is 0 Å². The van der Waals surface area contributed by atoms with Crippen LogP contribution in [0.15, 0.2) is 71.6 Å². The smallest absolute Gasteiger partial charge is 0.247 e. The predicted molar refractivity (Wildman–Crippen MR) is 135 cm³/mol. The topological polar surface area (TPSA) is 75.7 Å². The van der Waals surface area contributed by atoms with Gasteiger partial charge in [-0.2, -0.15) is 4.31 Å². The fourth-order valence-electron chi connectivity index (χ4n) is 3.38. The second-order valence-corrected chi connectivity index (χ2v) is 10.5. The number of hydrogen-bond acceptors (Lipinski definition) is 4. The first-order valence-electron chi connectivity index (χ1n) is 10.6. The maximum atomic E-state index is 13.6. The van der Waals surface area contributed by atoms with Gasteiger partial charge >= 0.3 is 0 Å². The minimum atomic E-state index is -4.02. The number of ether oxygens (including phenoxy) is 1. The van der Waals surface area contributed by atoms with E-state index in [4.69, 9.17) is 27.9 Å². The van der Waals surface area contributed by atoms with Crippen LogP contribution < -0.4 is 10.1 Å². The van der Waals surface area contributed by atoms with Crippen LogP contribution in [0.5, 0.6) is 5.75 Å². The second kappa shape index (κ2) is 11.7. The minimum absolute atomic E-state index is 0.0246. The van der Waals surface area contributed by atoms with Crippen molar-refractivity contribution in [3.8, 4) is 5.75 Å². The Morgan fingerprint density at radius 3 is 2.44 bits per heavy atom. The van der Waals surface area contributed by atoms with E-state index in [1.807, 2.05) is 30.3 Å². The summed E-state index contributed by atoms with van der Waals surface area (Å²) in [6, 6.07) is 19.4. The number of carbonyl (C=O) groups is 1. The lowest BCUT2D eigenvalue weighted by Gasteiger charge is -2.23. The molecule has 1 amide bonds. The molecule has 0 radical (unpaired) electrons. The number of nitrogens with one attached hydrogen (secondary N) is 1. The Bertz CT molecular complexity index is 1250. The highest BCUT2D eigenvalue weighted by molar-refractivity contribution is 7.89. The van der Waals surface area contributed by atoms with Crippen LogP contribution in [-0.2, 0) is 27.8 Å². The van der Waals surface area contributed by atoms with E-state index in [2.05, 4.69) is 5.32 Å². The van der Waals surface area contributed by atoms with Gasteiger partial charge in [-0.3, -0.25) is 4.79 Å². The number of sulfonamides is 1. The highest BCUT2D eigenvalue weighted by Gasteiger charge is 2.29. The summed E-state index contributed by atoms with van der Waals surface area (Å²) < 4.78 is 33.7. The third-order valence-corrected chi connectivity index (χ3v) is 7.69. The van der Waals surface area contributed by atoms with Crippen LogP contribution in [0.1, 0.15) is 16.7 Å². The van der Waals surface area contributed by atoms with Gasteiger partial charge < -0.3 is 10.1 Å². The Hall–Kier alpha value is -2.58. The van der Waals surface area contributed by atoms with Crippen LogP contribution in [-0.4, -0.2) is 38.8 Å². The van der Waals surface area contributed by atoms with Gasteiger partial charge in [0.05, 0.1) is 13.7 Å². The van der Waals surface area contributed by atoms with Crippen molar-refractivity contribution in [2.75, 3.05) is 20.2 Å². The first-order valence-corrected chi connectivity index (χ1v) is 12.8. The molecule has 0 fully saturated rings. The van der Waals surface area contributed by atoms with Crippen LogP contribution in [0.2, 0.25) is 10.0 Å². The second-order valence-electron chi connectivity index (χ2n) is 7.74. The molecule has 3 rings (SSSR count). The van der Waals surface area contributed by atoms with Crippen LogP contribution in [0.25, 0.3) is 0 Å². The summed E-state index contributed by atoms with van der Waals surface area (Å²) in [4.78, 5) is 12.8. The van der Waals surface area contributed by atoms with Crippen LogP contribution in [0.4, 0.5) is 0 Å². The molecule has 0 aliphatic heterocycles. The zero-order chi connectivity index (χ0) is 24.7. The molecule has 0 saturated heterocycles. The monoisotopic (exact) mass is 520 g/mol. The van der Waals surface area contributed by atoms with Gasteiger partial charge in [-0.05, 0) is 54.3 Å². The first kappa shape index (κ1) is 26.0. The van der Waals surface area contributed by atoms with Crippen molar-refractivity contribution in [1.29, 1.82) is 0 Å². The molecule has 0 heterocycles. The lowest BCUT2D eigenvalue weighted by Crippen LogP contribution is -2.41. The van der Waals surface area contributed by atoms with Gasteiger partial charge in [0, 0.05) is 23.1 Å². The molecule has 180 valence electrons. The minimum Gasteiger partial charge on any atom is -0.495 e. The molecule has 34 heavy (non-hydrogen) atoms. The highest BCUT2D eigenvalue weighted by Crippen LogP contribution is 2.28. The summed E-state index contributed by atoms with van der Waals surface area (Å²) in [5, 5.41) is 3.66. The lowest BCUT2D eigenvalue weighted by atomic mass is 10.1. The average Bonchev–Trinajstić information content (AvgIpc) is 2.81. The molecule has 0 aliphatic carbocycles. The molecule has 0 saturated carbocycles. The van der Waals surface area contributed by atoms with E-state index >= 15 is 0 Å². The van der Waals surface area contributed by atoms with Crippen molar-refractivity contribution in [1.82, 2.24) is 9.62 Å². The molecule has 3 aromatic rings. The summed E-state index contributed by atoms with van der Waals surface area (Å²) in [6.07, 6.45) is 0.449. The number of aryl methyl sites for hydroxylation is 1. The molecule has 0 aliphatic rings. The summed E-state index contributed by atoms with van der Waals surface area (Å²) >= 11 is 12.1. The Balaban J connectivity index is 1.82. The van der Waals surface area contributed by atoms with Crippen LogP contribution >= 0.6 is 23.2 Å². The van der Waals surface area contributed by atoms with Crippen molar-refractivity contribution in [2.24, 2.45) is 0 Å². The van der Waals surface area contributed by atoms with Gasteiger partial charge in [0.1, 0.15) is 10.6 Å². The predicted octanol–water partition coefficient (Wildman–Crippen LogP) is 4.86. The number of halogens is 2. The Kier molecular flexibility index (Phi) is 8.97. The fraction of sp³-hybridized carbons (Fsp3) is 0.240. The molecule has 3 aromatic carbocycles. The quantitative estimate of drug-likeness (QED) is 0.414. The van der Waals surface area contributed by atoms with Crippen molar-refractivity contribution in [3.05, 3.63) is 93.5 Å². The Morgan fingerprint density at radius 2 is 1.76 bits per heavy atom. The maximum Gasteiger partial charge on any atom is 0.247 e. The third-order valence-electron chi connectivity index (χ3n) is 5.24. The zero-order valence-corrected chi connectivity index (χ0v) is 21.3. The Morgan fingerprint density at radius 1 is 1.03 bits per heavy atom. The van der Waals surface area contributed by atoms with Gasteiger partial charge in [0.15, 0.2) is 0 Å². The molecule has 1 N–H and O–H groups in total. The molecule has 0 spiro atoms. The number of amides is 1. The molecular weight excluding hydrogens is 495 g/mol. The Labute approximate surface area is 210 Å². The number of nitrogens with zero attached hydrogens (tertiary/aromatic N) is 1. The number of benzene rings is 3. The molecule has 0 bridgehead atoms. The summed E-state index contributed by atoms with van der Waals surface area (Å²) in [5.74, 6) is -0.224. The molecule has 0 atom stereocenters. The third kappa shape index (κ3) is 6.73. The largest absolute Gasteiger partial charge is 0.495 e. The first-order chi connectivity index (χ1) is 16.2. The van der Waals surface area contributed by atoms with E-state index < -0.39 is 15.9 Å². The van der Waals surface area contributed by atoms with Crippen molar-refractivity contribution < 1.29 is 17.9 Å². The standard InChI is InChI=1S/C25H26Cl2N2O4S/c1-18-8-11-23(33-2)24(14-18)34(31,32)29(13-12-19-6-4-3-5-7-19)17-25(30)28-16-20-9-10-21(26)15-22(20)27/h3-11,14-15H,12-13,16-17H2,1-2H3,(H,28,30). The lowest BCUT2D eigenvalue weighted by molar-refractivity contribution is -0.121. The zero-order valence-electron chi connectivity index (χ0n) is 18.9. The van der Waals surface area contributed by atoms with Crippen molar-refractivity contribution >= 4 is 39.1 Å².